The van der Waals surface area contributed by atoms with Crippen molar-refractivity contribution >= 4 is 23.2 Å². The third-order valence-electron chi connectivity index (χ3n) is 1.96. The molecule has 0 saturated heterocycles. The second kappa shape index (κ2) is 3.64. The lowest BCUT2D eigenvalue weighted by molar-refractivity contribution is 0.772. The average Bonchev–Trinajstić information content (AvgIpc) is 2.48. The first-order valence-corrected chi connectivity index (χ1v) is 4.88. The van der Waals surface area contributed by atoms with Crippen LogP contribution in [0.5, 0.6) is 0 Å². The van der Waals surface area contributed by atoms with Crippen LogP contribution in [0.25, 0.3) is 11.3 Å². The maximum absolute atomic E-state index is 5.88. The highest BCUT2D eigenvalue weighted by Gasteiger charge is 2.04. The molecule has 2 rings (SSSR count). The highest BCUT2D eigenvalue weighted by Crippen LogP contribution is 2.22. The predicted octanol–water partition coefficient (Wildman–Crippen LogP) is 3.39. The molecule has 0 aliphatic rings. The van der Waals surface area contributed by atoms with E-state index in [2.05, 4.69) is 5.10 Å². The summed E-state index contributed by atoms with van der Waals surface area (Å²) in [6.07, 6.45) is 0. The van der Waals surface area contributed by atoms with Gasteiger partial charge in [-0.2, -0.15) is 5.10 Å². The molecule has 0 aliphatic carbocycles. The molecule has 0 bridgehead atoms. The van der Waals surface area contributed by atoms with Crippen LogP contribution in [0.2, 0.25) is 10.2 Å². The van der Waals surface area contributed by atoms with Gasteiger partial charge in [-0.3, -0.25) is 4.68 Å². The van der Waals surface area contributed by atoms with Crippen LogP contribution in [0, 0.1) is 0 Å². The van der Waals surface area contributed by atoms with Gasteiger partial charge in [0.05, 0.1) is 5.69 Å². The fourth-order valence-electron chi connectivity index (χ4n) is 1.21. The Bertz CT molecular complexity index is 426. The van der Waals surface area contributed by atoms with Gasteiger partial charge in [0.2, 0.25) is 0 Å². The minimum Gasteiger partial charge on any atom is -0.256 e. The van der Waals surface area contributed by atoms with E-state index in [1.54, 1.807) is 4.68 Å². The van der Waals surface area contributed by atoms with Gasteiger partial charge < -0.3 is 0 Å². The van der Waals surface area contributed by atoms with Crippen molar-refractivity contribution in [2.24, 2.45) is 7.05 Å². The van der Waals surface area contributed by atoms with Crippen LogP contribution in [0.15, 0.2) is 30.3 Å². The van der Waals surface area contributed by atoms with Gasteiger partial charge in [0.15, 0.2) is 0 Å². The molecule has 0 radical (unpaired) electrons. The van der Waals surface area contributed by atoms with Gasteiger partial charge in [0.1, 0.15) is 5.15 Å². The Hall–Kier alpha value is -0.990. The lowest BCUT2D eigenvalue weighted by Gasteiger charge is -1.95. The molecule has 2 aromatic rings. The van der Waals surface area contributed by atoms with Crippen LogP contribution in [0.1, 0.15) is 0 Å². The molecule has 72 valence electrons. The summed E-state index contributed by atoms with van der Waals surface area (Å²) in [5.74, 6) is 0. The first-order chi connectivity index (χ1) is 6.66. The van der Waals surface area contributed by atoms with E-state index >= 15 is 0 Å². The van der Waals surface area contributed by atoms with E-state index in [-0.39, 0.29) is 0 Å². The number of aromatic nitrogens is 2. The molecule has 0 unspecified atom stereocenters. The second-order valence-electron chi connectivity index (χ2n) is 2.98. The Morgan fingerprint density at radius 1 is 1.14 bits per heavy atom. The molecule has 0 aliphatic heterocycles. The SMILES string of the molecule is Cn1nc(-c2ccc(Cl)cc2)cc1Cl. The van der Waals surface area contributed by atoms with Crippen LogP contribution >= 0.6 is 23.2 Å². The largest absolute Gasteiger partial charge is 0.256 e. The van der Waals surface area contributed by atoms with Crippen molar-refractivity contribution in [3.63, 3.8) is 0 Å². The topological polar surface area (TPSA) is 17.8 Å². The van der Waals surface area contributed by atoms with Gasteiger partial charge >= 0.3 is 0 Å². The molecule has 1 aromatic heterocycles. The van der Waals surface area contributed by atoms with Crippen molar-refractivity contribution in [1.82, 2.24) is 9.78 Å². The number of nitrogens with zero attached hydrogens (tertiary/aromatic N) is 2. The fraction of sp³-hybridized carbons (Fsp3) is 0.100. The van der Waals surface area contributed by atoms with E-state index in [1.165, 1.54) is 0 Å². The van der Waals surface area contributed by atoms with Crippen LogP contribution in [-0.2, 0) is 7.05 Å². The lowest BCUT2D eigenvalue weighted by atomic mass is 10.2. The summed E-state index contributed by atoms with van der Waals surface area (Å²) in [5, 5.41) is 5.59. The van der Waals surface area contributed by atoms with Gasteiger partial charge in [0.25, 0.3) is 0 Å². The zero-order chi connectivity index (χ0) is 10.1. The fourth-order valence-corrected chi connectivity index (χ4v) is 1.47. The quantitative estimate of drug-likeness (QED) is 0.730. The summed E-state index contributed by atoms with van der Waals surface area (Å²) in [4.78, 5) is 0. The van der Waals surface area contributed by atoms with Gasteiger partial charge in [0, 0.05) is 23.7 Å². The van der Waals surface area contributed by atoms with Crippen molar-refractivity contribution in [2.45, 2.75) is 0 Å². The summed E-state index contributed by atoms with van der Waals surface area (Å²) >= 11 is 11.7. The minimum absolute atomic E-state index is 0.620. The van der Waals surface area contributed by atoms with Crippen molar-refractivity contribution in [2.75, 3.05) is 0 Å². The van der Waals surface area contributed by atoms with Crippen molar-refractivity contribution < 1.29 is 0 Å². The number of benzene rings is 1. The molecule has 0 fully saturated rings. The molecule has 1 heterocycles. The predicted molar refractivity (Wildman–Crippen MR) is 58.7 cm³/mol. The summed E-state index contributed by atoms with van der Waals surface area (Å²) in [7, 11) is 1.81. The number of halogens is 2. The van der Waals surface area contributed by atoms with Crippen molar-refractivity contribution in [3.8, 4) is 11.3 Å². The molecule has 14 heavy (non-hydrogen) atoms. The Morgan fingerprint density at radius 3 is 2.29 bits per heavy atom. The van der Waals surface area contributed by atoms with E-state index < -0.39 is 0 Å². The first kappa shape index (κ1) is 9.56. The molecule has 0 saturated carbocycles. The average molecular weight is 227 g/mol. The first-order valence-electron chi connectivity index (χ1n) is 4.12. The maximum Gasteiger partial charge on any atom is 0.127 e. The van der Waals surface area contributed by atoms with Gasteiger partial charge in [-0.1, -0.05) is 35.3 Å². The van der Waals surface area contributed by atoms with Crippen LogP contribution < -0.4 is 0 Å². The van der Waals surface area contributed by atoms with Crippen LogP contribution in [0.3, 0.4) is 0 Å². The smallest absolute Gasteiger partial charge is 0.127 e. The zero-order valence-electron chi connectivity index (χ0n) is 7.54. The molecule has 0 amide bonds. The maximum atomic E-state index is 5.88. The Balaban J connectivity index is 2.44. The summed E-state index contributed by atoms with van der Waals surface area (Å²) < 4.78 is 1.63. The van der Waals surface area contributed by atoms with Crippen molar-refractivity contribution in [3.05, 3.63) is 40.5 Å². The lowest BCUT2D eigenvalue weighted by Crippen LogP contribution is -1.89. The Morgan fingerprint density at radius 2 is 1.79 bits per heavy atom. The van der Waals surface area contributed by atoms with Gasteiger partial charge in [-0.05, 0) is 12.1 Å². The summed E-state index contributed by atoms with van der Waals surface area (Å²) in [5.41, 5.74) is 1.87. The van der Waals surface area contributed by atoms with Crippen LogP contribution in [0.4, 0.5) is 0 Å². The minimum atomic E-state index is 0.620. The monoisotopic (exact) mass is 226 g/mol. The molecular weight excluding hydrogens is 219 g/mol. The highest BCUT2D eigenvalue weighted by molar-refractivity contribution is 6.30. The second-order valence-corrected chi connectivity index (χ2v) is 3.81. The summed E-state index contributed by atoms with van der Waals surface area (Å²) in [6.45, 7) is 0. The van der Waals surface area contributed by atoms with Gasteiger partial charge in [-0.25, -0.2) is 0 Å². The standard InChI is InChI=1S/C10H8Cl2N2/c1-14-10(12)6-9(13-14)7-2-4-8(11)5-3-7/h2-6H,1H3. The van der Waals surface area contributed by atoms with E-state index in [1.807, 2.05) is 37.4 Å². The third-order valence-corrected chi connectivity index (χ3v) is 2.57. The Labute approximate surface area is 92.1 Å². The van der Waals surface area contributed by atoms with Crippen molar-refractivity contribution in [1.29, 1.82) is 0 Å². The molecular formula is C10H8Cl2N2. The Kier molecular flexibility index (Phi) is 2.48. The number of rotatable bonds is 1. The van der Waals surface area contributed by atoms with Gasteiger partial charge in [-0.15, -0.1) is 0 Å². The normalized spacial score (nSPS) is 10.5. The number of aryl methyl sites for hydroxylation is 1. The molecule has 0 N–H and O–H groups in total. The molecule has 2 nitrogen and oxygen atoms in total. The number of hydrogen-bond donors (Lipinski definition) is 0. The number of hydrogen-bond acceptors (Lipinski definition) is 1. The highest BCUT2D eigenvalue weighted by atomic mass is 35.5. The van der Waals surface area contributed by atoms with E-state index in [0.29, 0.717) is 5.15 Å². The summed E-state index contributed by atoms with van der Waals surface area (Å²) in [6, 6.07) is 9.33. The van der Waals surface area contributed by atoms with E-state index in [9.17, 15) is 0 Å². The molecule has 0 atom stereocenters. The molecule has 0 spiro atoms. The molecule has 4 heteroatoms. The third kappa shape index (κ3) is 1.76. The van der Waals surface area contributed by atoms with Crippen LogP contribution in [-0.4, -0.2) is 9.78 Å². The van der Waals surface area contributed by atoms with E-state index in [0.717, 1.165) is 16.3 Å². The molecule has 1 aromatic carbocycles. The zero-order valence-corrected chi connectivity index (χ0v) is 9.05. The van der Waals surface area contributed by atoms with E-state index in [4.69, 9.17) is 23.2 Å².